The molecule has 3 atom stereocenters. The van der Waals surface area contributed by atoms with Crippen LogP contribution in [0.4, 0.5) is 0 Å². The Bertz CT molecular complexity index is 362. The van der Waals surface area contributed by atoms with Crippen molar-refractivity contribution in [1.29, 1.82) is 0 Å². The van der Waals surface area contributed by atoms with E-state index < -0.39 is 0 Å². The number of carbonyl (C=O) groups excluding carboxylic acids is 2. The highest BCUT2D eigenvalue weighted by molar-refractivity contribution is 5.73. The van der Waals surface area contributed by atoms with Gasteiger partial charge in [-0.15, -0.1) is 0 Å². The highest BCUT2D eigenvalue weighted by Gasteiger charge is 2.22. The van der Waals surface area contributed by atoms with E-state index in [1.54, 1.807) is 13.8 Å². The summed E-state index contributed by atoms with van der Waals surface area (Å²) in [5, 5.41) is 2.99. The second-order valence-electron chi connectivity index (χ2n) is 7.33. The van der Waals surface area contributed by atoms with Crippen molar-refractivity contribution in [2.45, 2.75) is 72.8 Å². The molecule has 0 aliphatic carbocycles. The van der Waals surface area contributed by atoms with Gasteiger partial charge in [-0.1, -0.05) is 20.3 Å². The summed E-state index contributed by atoms with van der Waals surface area (Å²) in [7, 11) is 0. The maximum atomic E-state index is 11.3. The number of piperidine rings is 1. The lowest BCUT2D eigenvalue weighted by molar-refractivity contribution is -0.130. The van der Waals surface area contributed by atoms with Gasteiger partial charge in [0.15, 0.2) is 0 Å². The monoisotopic (exact) mass is 310 g/mol. The Morgan fingerprint density at radius 2 is 1.68 bits per heavy atom. The molecule has 22 heavy (non-hydrogen) atoms. The third-order valence-electron chi connectivity index (χ3n) is 5.19. The van der Waals surface area contributed by atoms with Crippen LogP contribution in [0.25, 0.3) is 0 Å². The van der Waals surface area contributed by atoms with Gasteiger partial charge in [-0.25, -0.2) is 0 Å². The highest BCUT2D eigenvalue weighted by atomic mass is 16.2. The lowest BCUT2D eigenvalue weighted by Crippen LogP contribution is -2.37. The Morgan fingerprint density at radius 3 is 2.18 bits per heavy atom. The molecular weight excluding hydrogens is 276 g/mol. The highest BCUT2D eigenvalue weighted by Crippen LogP contribution is 2.27. The number of carbonyl (C=O) groups is 2. The van der Waals surface area contributed by atoms with Crippen LogP contribution in [0.3, 0.4) is 0 Å². The van der Waals surface area contributed by atoms with E-state index in [9.17, 15) is 9.59 Å². The molecule has 1 saturated heterocycles. The fourth-order valence-electron chi connectivity index (χ4n) is 3.43. The van der Waals surface area contributed by atoms with Crippen LogP contribution >= 0.6 is 0 Å². The molecular formula is C18H34N2O2. The molecule has 1 aliphatic rings. The normalized spacial score (nSPS) is 20.3. The lowest BCUT2D eigenvalue weighted by Gasteiger charge is -2.32. The van der Waals surface area contributed by atoms with E-state index in [-0.39, 0.29) is 17.9 Å². The maximum absolute atomic E-state index is 11.3. The molecule has 0 aromatic heterocycles. The molecule has 0 aromatic carbocycles. The molecule has 1 aliphatic heterocycles. The number of nitrogens with one attached hydrogen (secondary N) is 1. The van der Waals surface area contributed by atoms with Crippen LogP contribution in [-0.4, -0.2) is 35.8 Å². The molecule has 0 aromatic rings. The van der Waals surface area contributed by atoms with Crippen molar-refractivity contribution in [3.63, 3.8) is 0 Å². The van der Waals surface area contributed by atoms with Gasteiger partial charge in [0.1, 0.15) is 0 Å². The number of rotatable bonds is 7. The summed E-state index contributed by atoms with van der Waals surface area (Å²) in [5.74, 6) is 2.29. The van der Waals surface area contributed by atoms with E-state index >= 15 is 0 Å². The van der Waals surface area contributed by atoms with Crippen LogP contribution in [0.15, 0.2) is 0 Å². The van der Waals surface area contributed by atoms with E-state index in [1.807, 2.05) is 4.90 Å². The predicted octanol–water partition coefficient (Wildman–Crippen LogP) is 3.21. The molecule has 1 heterocycles. The van der Waals surface area contributed by atoms with Gasteiger partial charge in [0.25, 0.3) is 0 Å². The lowest BCUT2D eigenvalue weighted by atomic mass is 9.84. The molecule has 1 unspecified atom stereocenters. The average molecular weight is 310 g/mol. The molecule has 2 amide bonds. The minimum Gasteiger partial charge on any atom is -0.354 e. The molecule has 4 nitrogen and oxygen atoms in total. The van der Waals surface area contributed by atoms with Crippen molar-refractivity contribution in [2.75, 3.05) is 13.1 Å². The van der Waals surface area contributed by atoms with Crippen LogP contribution in [0.1, 0.15) is 66.7 Å². The SMILES string of the molecule is CC(=O)NC(C)[C@@H](C)CC[C@@H](C)CC1CCN(C(C)=O)CC1. The summed E-state index contributed by atoms with van der Waals surface area (Å²) in [4.78, 5) is 24.4. The van der Waals surface area contributed by atoms with Crippen molar-refractivity contribution in [2.24, 2.45) is 17.8 Å². The Kier molecular flexibility index (Phi) is 7.91. The molecule has 1 fully saturated rings. The smallest absolute Gasteiger partial charge is 0.219 e. The van der Waals surface area contributed by atoms with Gasteiger partial charge in [0, 0.05) is 33.0 Å². The molecule has 1 rings (SSSR count). The fourth-order valence-corrected chi connectivity index (χ4v) is 3.43. The topological polar surface area (TPSA) is 49.4 Å². The van der Waals surface area contributed by atoms with Crippen LogP contribution < -0.4 is 5.32 Å². The van der Waals surface area contributed by atoms with Crippen LogP contribution in [0, 0.1) is 17.8 Å². The third kappa shape index (κ3) is 6.80. The Morgan fingerprint density at radius 1 is 1.09 bits per heavy atom. The molecule has 0 saturated carbocycles. The second-order valence-corrected chi connectivity index (χ2v) is 7.33. The van der Waals surface area contributed by atoms with E-state index in [4.69, 9.17) is 0 Å². The molecule has 128 valence electrons. The van der Waals surface area contributed by atoms with Gasteiger partial charge in [-0.3, -0.25) is 9.59 Å². The number of hydrogen-bond donors (Lipinski definition) is 1. The fraction of sp³-hybridized carbons (Fsp3) is 0.889. The first-order valence-corrected chi connectivity index (χ1v) is 8.82. The second kappa shape index (κ2) is 9.16. The van der Waals surface area contributed by atoms with E-state index in [1.165, 1.54) is 12.8 Å². The van der Waals surface area contributed by atoms with Crippen molar-refractivity contribution in [1.82, 2.24) is 10.2 Å². The average Bonchev–Trinajstić information content (AvgIpc) is 2.44. The van der Waals surface area contributed by atoms with Crippen LogP contribution in [0.5, 0.6) is 0 Å². The van der Waals surface area contributed by atoms with Gasteiger partial charge in [0.05, 0.1) is 0 Å². The predicted molar refractivity (Wildman–Crippen MR) is 90.4 cm³/mol. The van der Waals surface area contributed by atoms with E-state index in [0.29, 0.717) is 5.92 Å². The molecule has 0 bridgehead atoms. The molecule has 0 radical (unpaired) electrons. The van der Waals surface area contributed by atoms with Crippen LogP contribution in [0.2, 0.25) is 0 Å². The quantitative estimate of drug-likeness (QED) is 0.785. The van der Waals surface area contributed by atoms with Crippen LogP contribution in [-0.2, 0) is 9.59 Å². The van der Waals surface area contributed by atoms with Crippen molar-refractivity contribution in [3.8, 4) is 0 Å². The first-order valence-electron chi connectivity index (χ1n) is 8.82. The van der Waals surface area contributed by atoms with Gasteiger partial charge in [-0.2, -0.15) is 0 Å². The van der Waals surface area contributed by atoms with Gasteiger partial charge < -0.3 is 10.2 Å². The zero-order valence-electron chi connectivity index (χ0n) is 15.0. The van der Waals surface area contributed by atoms with Crippen molar-refractivity contribution in [3.05, 3.63) is 0 Å². The zero-order valence-corrected chi connectivity index (χ0v) is 15.0. The summed E-state index contributed by atoms with van der Waals surface area (Å²) in [6.07, 6.45) is 5.96. The maximum Gasteiger partial charge on any atom is 0.219 e. The number of nitrogens with zero attached hydrogens (tertiary/aromatic N) is 1. The number of hydrogen-bond acceptors (Lipinski definition) is 2. The standard InChI is InChI=1S/C18H34N2O2/c1-13(6-7-14(2)15(3)19-16(4)21)12-18-8-10-20(11-9-18)17(5)22/h13-15,18H,6-12H2,1-5H3,(H,19,21)/t13-,14+,15?/m1/s1. The first kappa shape index (κ1) is 19.0. The van der Waals surface area contributed by atoms with E-state index in [2.05, 4.69) is 26.1 Å². The Labute approximate surface area is 136 Å². The summed E-state index contributed by atoms with van der Waals surface area (Å²) >= 11 is 0. The minimum absolute atomic E-state index is 0.0598. The summed E-state index contributed by atoms with van der Waals surface area (Å²) in [6, 6.07) is 0.253. The Balaban J connectivity index is 2.22. The Hall–Kier alpha value is -1.06. The molecule has 4 heteroatoms. The van der Waals surface area contributed by atoms with Gasteiger partial charge >= 0.3 is 0 Å². The summed E-state index contributed by atoms with van der Waals surface area (Å²) in [6.45, 7) is 11.8. The summed E-state index contributed by atoms with van der Waals surface area (Å²) in [5.41, 5.74) is 0. The van der Waals surface area contributed by atoms with Gasteiger partial charge in [-0.05, 0) is 50.4 Å². The van der Waals surface area contributed by atoms with E-state index in [0.717, 1.165) is 44.2 Å². The number of amides is 2. The molecule has 1 N–H and O–H groups in total. The first-order chi connectivity index (χ1) is 10.3. The zero-order chi connectivity index (χ0) is 16.7. The molecule has 0 spiro atoms. The third-order valence-corrected chi connectivity index (χ3v) is 5.19. The largest absolute Gasteiger partial charge is 0.354 e. The summed E-state index contributed by atoms with van der Waals surface area (Å²) < 4.78 is 0. The minimum atomic E-state index is 0.0598. The van der Waals surface area contributed by atoms with Crippen molar-refractivity contribution < 1.29 is 9.59 Å². The number of likely N-dealkylation sites (tertiary alicyclic amines) is 1. The van der Waals surface area contributed by atoms with Gasteiger partial charge in [0.2, 0.25) is 11.8 Å². The van der Waals surface area contributed by atoms with Crippen molar-refractivity contribution >= 4 is 11.8 Å².